The highest BCUT2D eigenvalue weighted by atomic mass is 15.2. The number of unbranched alkanes of at least 4 members (excludes halogenated alkanes) is 1. The molecule has 0 N–H and O–H groups in total. The largest absolute Gasteiger partial charge is 0.305 e. The van der Waals surface area contributed by atoms with Crippen molar-refractivity contribution in [3.8, 4) is 0 Å². The van der Waals surface area contributed by atoms with Gasteiger partial charge < -0.3 is 9.80 Å². The van der Waals surface area contributed by atoms with Crippen molar-refractivity contribution in [3.63, 3.8) is 0 Å². The number of likely N-dealkylation sites (tertiary alicyclic amines) is 1. The van der Waals surface area contributed by atoms with Crippen LogP contribution < -0.4 is 0 Å². The Kier molecular flexibility index (Phi) is 5.62. The molecule has 1 aromatic heterocycles. The van der Waals surface area contributed by atoms with E-state index in [4.69, 9.17) is 0 Å². The Morgan fingerprint density at radius 2 is 2.17 bits per heavy atom. The van der Waals surface area contributed by atoms with E-state index in [1.54, 1.807) is 0 Å². The molecule has 3 nitrogen and oxygen atoms in total. The summed E-state index contributed by atoms with van der Waals surface area (Å²) in [7, 11) is 2.24. The molecular weight excluding hydrogens is 222 g/mol. The molecule has 0 spiro atoms. The minimum atomic E-state index is 1.16. The summed E-state index contributed by atoms with van der Waals surface area (Å²) in [5.41, 5.74) is 1.36. The van der Waals surface area contributed by atoms with Gasteiger partial charge in [0.1, 0.15) is 0 Å². The number of hydrogen-bond acceptors (Lipinski definition) is 3. The minimum Gasteiger partial charge on any atom is -0.305 e. The fraction of sp³-hybridized carbons (Fsp3) is 0.667. The summed E-state index contributed by atoms with van der Waals surface area (Å²) in [5.74, 6) is 0. The first-order valence-electron chi connectivity index (χ1n) is 7.14. The number of rotatable bonds is 8. The zero-order valence-corrected chi connectivity index (χ0v) is 11.5. The third-order valence-electron chi connectivity index (χ3n) is 3.72. The average molecular weight is 247 g/mol. The Balaban J connectivity index is 1.49. The van der Waals surface area contributed by atoms with E-state index in [1.165, 1.54) is 57.5 Å². The molecule has 1 saturated heterocycles. The van der Waals surface area contributed by atoms with Crippen LogP contribution in [0.2, 0.25) is 0 Å². The van der Waals surface area contributed by atoms with E-state index in [1.807, 2.05) is 18.5 Å². The van der Waals surface area contributed by atoms with Crippen molar-refractivity contribution in [2.45, 2.75) is 25.7 Å². The lowest BCUT2D eigenvalue weighted by molar-refractivity contribution is 0.157. The SMILES string of the molecule is CN(CCCCc1cccnc1)CCN1CCC1. The zero-order valence-electron chi connectivity index (χ0n) is 11.5. The van der Waals surface area contributed by atoms with Gasteiger partial charge in [0.25, 0.3) is 0 Å². The van der Waals surface area contributed by atoms with E-state index in [0.29, 0.717) is 0 Å². The van der Waals surface area contributed by atoms with Crippen molar-refractivity contribution in [3.05, 3.63) is 30.1 Å². The van der Waals surface area contributed by atoms with Crippen LogP contribution in [-0.2, 0) is 6.42 Å². The highest BCUT2D eigenvalue weighted by Gasteiger charge is 2.13. The number of pyridine rings is 1. The smallest absolute Gasteiger partial charge is 0.0299 e. The normalized spacial score (nSPS) is 15.9. The number of aryl methyl sites for hydroxylation is 1. The molecule has 0 aromatic carbocycles. The molecule has 1 aromatic rings. The quantitative estimate of drug-likeness (QED) is 0.655. The molecule has 0 atom stereocenters. The second kappa shape index (κ2) is 7.49. The van der Waals surface area contributed by atoms with Crippen molar-refractivity contribution in [2.75, 3.05) is 39.8 Å². The van der Waals surface area contributed by atoms with Crippen LogP contribution in [0.4, 0.5) is 0 Å². The lowest BCUT2D eigenvalue weighted by Gasteiger charge is -2.32. The standard InChI is InChI=1S/C15H25N3/c1-17(12-13-18-10-5-11-18)9-3-2-6-15-7-4-8-16-14-15/h4,7-8,14H,2-3,5-6,9-13H2,1H3. The highest BCUT2D eigenvalue weighted by Crippen LogP contribution is 2.06. The Bertz CT molecular complexity index is 322. The van der Waals surface area contributed by atoms with Gasteiger partial charge in [-0.2, -0.15) is 0 Å². The van der Waals surface area contributed by atoms with E-state index in [2.05, 4.69) is 27.9 Å². The summed E-state index contributed by atoms with van der Waals surface area (Å²) in [5, 5.41) is 0. The Hall–Kier alpha value is -0.930. The van der Waals surface area contributed by atoms with Gasteiger partial charge in [0, 0.05) is 25.5 Å². The second-order valence-corrected chi connectivity index (χ2v) is 5.32. The van der Waals surface area contributed by atoms with E-state index < -0.39 is 0 Å². The first-order chi connectivity index (χ1) is 8.84. The van der Waals surface area contributed by atoms with Gasteiger partial charge in [-0.1, -0.05) is 6.07 Å². The van der Waals surface area contributed by atoms with Gasteiger partial charge in [-0.15, -0.1) is 0 Å². The molecule has 18 heavy (non-hydrogen) atoms. The zero-order chi connectivity index (χ0) is 12.6. The molecular formula is C15H25N3. The van der Waals surface area contributed by atoms with Gasteiger partial charge in [0.2, 0.25) is 0 Å². The predicted molar refractivity (Wildman–Crippen MR) is 75.7 cm³/mol. The monoisotopic (exact) mass is 247 g/mol. The molecule has 0 unspecified atom stereocenters. The van der Waals surface area contributed by atoms with Gasteiger partial charge in [0.15, 0.2) is 0 Å². The van der Waals surface area contributed by atoms with Crippen LogP contribution >= 0.6 is 0 Å². The van der Waals surface area contributed by atoms with Crippen molar-refractivity contribution in [1.82, 2.24) is 14.8 Å². The van der Waals surface area contributed by atoms with Crippen LogP contribution in [0.25, 0.3) is 0 Å². The molecule has 100 valence electrons. The van der Waals surface area contributed by atoms with Crippen LogP contribution in [0.5, 0.6) is 0 Å². The average Bonchev–Trinajstić information content (AvgIpc) is 2.34. The van der Waals surface area contributed by atoms with Crippen LogP contribution in [0.15, 0.2) is 24.5 Å². The summed E-state index contributed by atoms with van der Waals surface area (Å²) >= 11 is 0. The van der Waals surface area contributed by atoms with Crippen molar-refractivity contribution >= 4 is 0 Å². The summed E-state index contributed by atoms with van der Waals surface area (Å²) in [4.78, 5) is 9.14. The number of aromatic nitrogens is 1. The van der Waals surface area contributed by atoms with Crippen molar-refractivity contribution < 1.29 is 0 Å². The number of hydrogen-bond donors (Lipinski definition) is 0. The van der Waals surface area contributed by atoms with E-state index in [0.717, 1.165) is 6.42 Å². The van der Waals surface area contributed by atoms with Crippen LogP contribution in [0, 0.1) is 0 Å². The van der Waals surface area contributed by atoms with Gasteiger partial charge in [-0.05, 0) is 64.0 Å². The van der Waals surface area contributed by atoms with E-state index in [-0.39, 0.29) is 0 Å². The number of nitrogens with zero attached hydrogens (tertiary/aromatic N) is 3. The van der Waals surface area contributed by atoms with Gasteiger partial charge in [-0.3, -0.25) is 4.98 Å². The molecule has 0 aliphatic carbocycles. The topological polar surface area (TPSA) is 19.4 Å². The van der Waals surface area contributed by atoms with Gasteiger partial charge >= 0.3 is 0 Å². The molecule has 0 radical (unpaired) electrons. The number of likely N-dealkylation sites (N-methyl/N-ethyl adjacent to an activating group) is 1. The summed E-state index contributed by atoms with van der Waals surface area (Å²) in [6.45, 7) is 6.31. The fourth-order valence-electron chi connectivity index (χ4n) is 2.29. The molecule has 1 fully saturated rings. The molecule has 0 amide bonds. The maximum atomic E-state index is 4.15. The van der Waals surface area contributed by atoms with Crippen LogP contribution in [-0.4, -0.2) is 54.6 Å². The summed E-state index contributed by atoms with van der Waals surface area (Å²) in [6.07, 6.45) is 8.93. The Morgan fingerprint density at radius 3 is 2.83 bits per heavy atom. The van der Waals surface area contributed by atoms with Gasteiger partial charge in [-0.25, -0.2) is 0 Å². The molecule has 2 heterocycles. The highest BCUT2D eigenvalue weighted by molar-refractivity contribution is 5.08. The van der Waals surface area contributed by atoms with E-state index in [9.17, 15) is 0 Å². The molecule has 1 aliphatic heterocycles. The molecule has 3 heteroatoms. The third kappa shape index (κ3) is 4.75. The lowest BCUT2D eigenvalue weighted by atomic mass is 10.1. The molecule has 0 saturated carbocycles. The Labute approximate surface area is 111 Å². The first-order valence-corrected chi connectivity index (χ1v) is 7.14. The van der Waals surface area contributed by atoms with E-state index >= 15 is 0 Å². The molecule has 1 aliphatic rings. The Morgan fingerprint density at radius 1 is 1.28 bits per heavy atom. The van der Waals surface area contributed by atoms with Crippen molar-refractivity contribution in [1.29, 1.82) is 0 Å². The lowest BCUT2D eigenvalue weighted by Crippen LogP contribution is -2.41. The maximum absolute atomic E-state index is 4.15. The predicted octanol–water partition coefficient (Wildman–Crippen LogP) is 2.04. The summed E-state index contributed by atoms with van der Waals surface area (Å²) in [6, 6.07) is 4.19. The van der Waals surface area contributed by atoms with Crippen molar-refractivity contribution in [2.24, 2.45) is 0 Å². The van der Waals surface area contributed by atoms with Gasteiger partial charge in [0.05, 0.1) is 0 Å². The second-order valence-electron chi connectivity index (χ2n) is 5.32. The fourth-order valence-corrected chi connectivity index (χ4v) is 2.29. The third-order valence-corrected chi connectivity index (χ3v) is 3.72. The molecule has 2 rings (SSSR count). The first kappa shape index (κ1) is 13.5. The van der Waals surface area contributed by atoms with Crippen LogP contribution in [0.1, 0.15) is 24.8 Å². The molecule has 0 bridgehead atoms. The minimum absolute atomic E-state index is 1.16. The summed E-state index contributed by atoms with van der Waals surface area (Å²) < 4.78 is 0. The maximum Gasteiger partial charge on any atom is 0.0299 e. The van der Waals surface area contributed by atoms with Crippen LogP contribution in [0.3, 0.4) is 0 Å².